The first-order valence-electron chi connectivity index (χ1n) is 7.62. The molecule has 1 heterocycles. The zero-order valence-corrected chi connectivity index (χ0v) is 13.6. The molecule has 0 spiro atoms. The molecule has 0 aliphatic carbocycles. The maximum Gasteiger partial charge on any atom is 0.409 e. The van der Waals surface area contributed by atoms with Crippen LogP contribution in [-0.4, -0.2) is 85.2 Å². The van der Waals surface area contributed by atoms with Crippen molar-refractivity contribution in [1.29, 1.82) is 0 Å². The summed E-state index contributed by atoms with van der Waals surface area (Å²) in [6.45, 7) is 3.80. The van der Waals surface area contributed by atoms with Crippen molar-refractivity contribution in [2.45, 2.75) is 0 Å². The molecule has 0 radical (unpaired) electrons. The highest BCUT2D eigenvalue weighted by Gasteiger charge is 2.22. The average Bonchev–Trinajstić information content (AvgIpc) is 2.55. The van der Waals surface area contributed by atoms with E-state index in [1.54, 1.807) is 31.1 Å². The monoisotopic (exact) mass is 321 g/mol. The third-order valence-electron chi connectivity index (χ3n) is 3.77. The van der Waals surface area contributed by atoms with Gasteiger partial charge in [-0.25, -0.2) is 4.79 Å². The second-order valence-electron chi connectivity index (χ2n) is 5.69. The lowest BCUT2D eigenvalue weighted by molar-refractivity contribution is 0.0586. The lowest BCUT2D eigenvalue weighted by Gasteiger charge is -2.34. The Balaban J connectivity index is 1.74. The minimum Gasteiger partial charge on any atom is -0.508 e. The van der Waals surface area contributed by atoms with Crippen molar-refractivity contribution in [2.75, 3.05) is 53.4 Å². The molecule has 23 heavy (non-hydrogen) atoms. The first-order chi connectivity index (χ1) is 11.0. The second kappa shape index (κ2) is 7.82. The molecule has 2 rings (SSSR count). The molecule has 1 aliphatic heterocycles. The maximum atomic E-state index is 12.3. The van der Waals surface area contributed by atoms with Gasteiger partial charge in [-0.15, -0.1) is 0 Å². The van der Waals surface area contributed by atoms with Crippen molar-refractivity contribution in [3.05, 3.63) is 29.8 Å². The number of aromatic hydroxyl groups is 1. The number of hydrogen-bond acceptors (Lipinski definition) is 5. The summed E-state index contributed by atoms with van der Waals surface area (Å²) in [4.78, 5) is 29.0. The molecular weight excluding hydrogens is 298 g/mol. The Morgan fingerprint density at radius 3 is 2.30 bits per heavy atom. The van der Waals surface area contributed by atoms with Gasteiger partial charge in [0.1, 0.15) is 12.4 Å². The molecule has 2 amide bonds. The molecule has 0 aromatic heterocycles. The Morgan fingerprint density at radius 1 is 1.13 bits per heavy atom. The van der Waals surface area contributed by atoms with Crippen LogP contribution in [0.15, 0.2) is 24.3 Å². The molecule has 0 saturated carbocycles. The highest BCUT2D eigenvalue weighted by molar-refractivity contribution is 5.94. The summed E-state index contributed by atoms with van der Waals surface area (Å²) in [7, 11) is 3.30. The number of nitrogens with zero attached hydrogens (tertiary/aromatic N) is 3. The number of benzene rings is 1. The van der Waals surface area contributed by atoms with Crippen molar-refractivity contribution in [2.24, 2.45) is 0 Å². The largest absolute Gasteiger partial charge is 0.508 e. The number of hydrogen-bond donors (Lipinski definition) is 1. The van der Waals surface area contributed by atoms with Crippen LogP contribution in [0.4, 0.5) is 4.79 Å². The molecule has 0 bridgehead atoms. The molecule has 7 nitrogen and oxygen atoms in total. The van der Waals surface area contributed by atoms with E-state index >= 15 is 0 Å². The van der Waals surface area contributed by atoms with Gasteiger partial charge in [0.2, 0.25) is 0 Å². The highest BCUT2D eigenvalue weighted by Crippen LogP contribution is 2.13. The fourth-order valence-electron chi connectivity index (χ4n) is 2.35. The van der Waals surface area contributed by atoms with Crippen LogP contribution < -0.4 is 0 Å². The summed E-state index contributed by atoms with van der Waals surface area (Å²) in [5.74, 6) is 0.127. The number of amides is 2. The van der Waals surface area contributed by atoms with Crippen molar-refractivity contribution >= 4 is 12.0 Å². The molecule has 1 aromatic rings. The molecule has 1 N–H and O–H groups in total. The summed E-state index contributed by atoms with van der Waals surface area (Å²) in [5.41, 5.74) is 0.580. The lowest BCUT2D eigenvalue weighted by atomic mass is 10.1. The molecule has 0 unspecified atom stereocenters. The first kappa shape index (κ1) is 17.1. The van der Waals surface area contributed by atoms with Crippen molar-refractivity contribution < 1.29 is 19.4 Å². The van der Waals surface area contributed by atoms with E-state index in [-0.39, 0.29) is 17.7 Å². The van der Waals surface area contributed by atoms with Crippen LogP contribution in [-0.2, 0) is 4.74 Å². The van der Waals surface area contributed by atoms with Crippen molar-refractivity contribution in [1.82, 2.24) is 14.7 Å². The van der Waals surface area contributed by atoms with E-state index in [2.05, 4.69) is 4.90 Å². The minimum atomic E-state index is -0.342. The Labute approximate surface area is 136 Å². The number of phenols is 1. The Bertz CT molecular complexity index is 537. The van der Waals surface area contributed by atoms with Crippen LogP contribution in [0.25, 0.3) is 0 Å². The number of ether oxygens (including phenoxy) is 1. The van der Waals surface area contributed by atoms with Gasteiger partial charge in [-0.3, -0.25) is 9.69 Å². The summed E-state index contributed by atoms with van der Waals surface area (Å²) in [6, 6.07) is 6.29. The van der Waals surface area contributed by atoms with Gasteiger partial charge >= 0.3 is 6.09 Å². The Hall–Kier alpha value is -2.28. The van der Waals surface area contributed by atoms with Gasteiger partial charge in [0, 0.05) is 52.4 Å². The van der Waals surface area contributed by atoms with Crippen LogP contribution in [0.2, 0.25) is 0 Å². The van der Waals surface area contributed by atoms with Crippen LogP contribution in [0.5, 0.6) is 5.75 Å². The average molecular weight is 321 g/mol. The molecule has 0 atom stereocenters. The van der Waals surface area contributed by atoms with Crippen LogP contribution in [0.1, 0.15) is 10.4 Å². The van der Waals surface area contributed by atoms with Crippen LogP contribution >= 0.6 is 0 Å². The zero-order valence-electron chi connectivity index (χ0n) is 13.6. The zero-order chi connectivity index (χ0) is 16.8. The smallest absolute Gasteiger partial charge is 0.409 e. The van der Waals surface area contributed by atoms with Crippen LogP contribution in [0, 0.1) is 0 Å². The van der Waals surface area contributed by atoms with Crippen molar-refractivity contribution in [3.8, 4) is 5.75 Å². The molecule has 1 saturated heterocycles. The predicted octanol–water partition coefficient (Wildman–Crippen LogP) is 0.848. The number of carbonyl (C=O) groups excluding carboxylic acids is 2. The van der Waals surface area contributed by atoms with E-state index in [0.717, 1.165) is 13.1 Å². The molecule has 1 aliphatic rings. The van der Waals surface area contributed by atoms with E-state index in [1.165, 1.54) is 17.0 Å². The number of carbonyl (C=O) groups is 2. The summed E-state index contributed by atoms with van der Waals surface area (Å²) in [6.07, 6.45) is -0.342. The quantitative estimate of drug-likeness (QED) is 0.890. The standard InChI is InChI=1S/C16H23N3O4/c1-17(2)16(22)23-12-11-18-7-9-19(10-8-18)15(21)13-3-5-14(20)6-4-13/h3-6,20H,7-12H2,1-2H3. The molecule has 7 heteroatoms. The number of phenolic OH excluding ortho intramolecular Hbond substituents is 1. The fraction of sp³-hybridized carbons (Fsp3) is 0.500. The third-order valence-corrected chi connectivity index (χ3v) is 3.77. The minimum absolute atomic E-state index is 0.0244. The second-order valence-corrected chi connectivity index (χ2v) is 5.69. The van der Waals surface area contributed by atoms with Gasteiger partial charge in [-0.05, 0) is 24.3 Å². The lowest BCUT2D eigenvalue weighted by Crippen LogP contribution is -2.49. The van der Waals surface area contributed by atoms with Gasteiger partial charge in [0.25, 0.3) is 5.91 Å². The van der Waals surface area contributed by atoms with Crippen LogP contribution in [0.3, 0.4) is 0 Å². The Morgan fingerprint density at radius 2 is 1.74 bits per heavy atom. The number of piperazine rings is 1. The summed E-state index contributed by atoms with van der Waals surface area (Å²) >= 11 is 0. The van der Waals surface area contributed by atoms with E-state index in [9.17, 15) is 14.7 Å². The van der Waals surface area contributed by atoms with E-state index in [4.69, 9.17) is 4.74 Å². The molecular formula is C16H23N3O4. The predicted molar refractivity (Wildman–Crippen MR) is 85.5 cm³/mol. The highest BCUT2D eigenvalue weighted by atomic mass is 16.6. The third kappa shape index (κ3) is 4.85. The summed E-state index contributed by atoms with van der Waals surface area (Å²) in [5, 5.41) is 9.27. The maximum absolute atomic E-state index is 12.3. The molecule has 1 fully saturated rings. The van der Waals surface area contributed by atoms with Gasteiger partial charge in [-0.1, -0.05) is 0 Å². The molecule has 126 valence electrons. The summed E-state index contributed by atoms with van der Waals surface area (Å²) < 4.78 is 5.10. The Kier molecular flexibility index (Phi) is 5.81. The van der Waals surface area contributed by atoms with E-state index < -0.39 is 0 Å². The SMILES string of the molecule is CN(C)C(=O)OCCN1CCN(C(=O)c2ccc(O)cc2)CC1. The normalized spacial score (nSPS) is 15.3. The van der Waals surface area contributed by atoms with Gasteiger partial charge in [-0.2, -0.15) is 0 Å². The number of rotatable bonds is 4. The van der Waals surface area contributed by atoms with Gasteiger partial charge in [0.15, 0.2) is 0 Å². The van der Waals surface area contributed by atoms with Gasteiger partial charge in [0.05, 0.1) is 0 Å². The fourth-order valence-corrected chi connectivity index (χ4v) is 2.35. The molecule has 1 aromatic carbocycles. The topological polar surface area (TPSA) is 73.3 Å². The van der Waals surface area contributed by atoms with Gasteiger partial charge < -0.3 is 19.6 Å². The first-order valence-corrected chi connectivity index (χ1v) is 7.62. The van der Waals surface area contributed by atoms with E-state index in [1.807, 2.05) is 0 Å². The van der Waals surface area contributed by atoms with E-state index in [0.29, 0.717) is 31.8 Å². The van der Waals surface area contributed by atoms with Crippen molar-refractivity contribution in [3.63, 3.8) is 0 Å².